The first-order chi connectivity index (χ1) is 8.89. The molecule has 2 rings (SSSR count). The van der Waals surface area contributed by atoms with E-state index in [0.717, 1.165) is 18.7 Å². The lowest BCUT2D eigenvalue weighted by molar-refractivity contribution is 0.0662. The van der Waals surface area contributed by atoms with Crippen LogP contribution in [0, 0.1) is 0 Å². The highest BCUT2D eigenvalue weighted by Crippen LogP contribution is 2.39. The van der Waals surface area contributed by atoms with E-state index in [1.54, 1.807) is 6.26 Å². The van der Waals surface area contributed by atoms with Crippen LogP contribution in [0.15, 0.2) is 24.3 Å². The number of nitrogens with one attached hydrogen (secondary N) is 1. The lowest BCUT2D eigenvalue weighted by Gasteiger charge is -2.38. The van der Waals surface area contributed by atoms with E-state index in [0.29, 0.717) is 0 Å². The Bertz CT molecular complexity index is 473. The van der Waals surface area contributed by atoms with Gasteiger partial charge in [0, 0.05) is 46.9 Å². The molecule has 1 aromatic carbocycles. The van der Waals surface area contributed by atoms with E-state index in [4.69, 9.17) is 4.74 Å². The van der Waals surface area contributed by atoms with Crippen LogP contribution < -0.4 is 10.1 Å². The smallest absolute Gasteiger partial charge is 0.124 e. The topological polar surface area (TPSA) is 38.3 Å². The van der Waals surface area contributed by atoms with Gasteiger partial charge in [0.15, 0.2) is 0 Å². The Labute approximate surface area is 118 Å². The zero-order valence-corrected chi connectivity index (χ0v) is 12.9. The molecule has 3 unspecified atom stereocenters. The average Bonchev–Trinajstić information content (AvgIpc) is 2.34. The number of rotatable bonds is 4. The minimum absolute atomic E-state index is 0.165. The monoisotopic (exact) mass is 281 g/mol. The van der Waals surface area contributed by atoms with Crippen molar-refractivity contribution in [2.75, 3.05) is 12.8 Å². The van der Waals surface area contributed by atoms with Crippen molar-refractivity contribution in [3.63, 3.8) is 0 Å². The van der Waals surface area contributed by atoms with Gasteiger partial charge in [0.05, 0.1) is 0 Å². The van der Waals surface area contributed by atoms with Crippen LogP contribution in [0.25, 0.3) is 0 Å². The lowest BCUT2D eigenvalue weighted by Crippen LogP contribution is -2.41. The molecule has 0 spiro atoms. The Hall–Kier alpha value is -0.870. The van der Waals surface area contributed by atoms with E-state index >= 15 is 0 Å². The van der Waals surface area contributed by atoms with E-state index in [-0.39, 0.29) is 16.9 Å². The van der Waals surface area contributed by atoms with Gasteiger partial charge in [-0.15, -0.1) is 0 Å². The van der Waals surface area contributed by atoms with Gasteiger partial charge in [-0.05, 0) is 26.8 Å². The molecule has 0 amide bonds. The van der Waals surface area contributed by atoms with Crippen LogP contribution in [-0.4, -0.2) is 27.9 Å². The van der Waals surface area contributed by atoms with Gasteiger partial charge in [0.25, 0.3) is 0 Å². The predicted octanol–water partition coefficient (Wildman–Crippen LogP) is 2.65. The molecule has 0 radical (unpaired) electrons. The second-order valence-corrected chi connectivity index (χ2v) is 7.68. The number of para-hydroxylation sites is 1. The number of fused-ring (bicyclic) bond motifs is 1. The summed E-state index contributed by atoms with van der Waals surface area (Å²) in [6.07, 6.45) is 2.68. The summed E-state index contributed by atoms with van der Waals surface area (Å²) in [6.45, 7) is 7.00. The van der Waals surface area contributed by atoms with Gasteiger partial charge in [0.2, 0.25) is 0 Å². The van der Waals surface area contributed by atoms with Crippen LogP contribution in [-0.2, 0) is 10.8 Å². The molecule has 3 nitrogen and oxygen atoms in total. The summed E-state index contributed by atoms with van der Waals surface area (Å²) in [5, 5.41) is 3.71. The SMILES string of the molecule is CC(CNC1CC(C)(C)Oc2ccccc21)S(C)=O. The Morgan fingerprint density at radius 3 is 2.84 bits per heavy atom. The summed E-state index contributed by atoms with van der Waals surface area (Å²) in [4.78, 5) is 0. The summed E-state index contributed by atoms with van der Waals surface area (Å²) in [5.74, 6) is 0.960. The number of ether oxygens (including phenoxy) is 1. The largest absolute Gasteiger partial charge is 0.487 e. The van der Waals surface area contributed by atoms with Crippen LogP contribution in [0.1, 0.15) is 38.8 Å². The van der Waals surface area contributed by atoms with Gasteiger partial charge in [-0.25, -0.2) is 0 Å². The molecule has 1 aliphatic heterocycles. The molecule has 3 atom stereocenters. The first-order valence-electron chi connectivity index (χ1n) is 6.72. The average molecular weight is 281 g/mol. The molecule has 0 fully saturated rings. The minimum atomic E-state index is -0.785. The maximum atomic E-state index is 11.4. The molecule has 0 aliphatic carbocycles. The summed E-state index contributed by atoms with van der Waals surface area (Å²) in [5.41, 5.74) is 1.04. The third kappa shape index (κ3) is 3.57. The Kier molecular flexibility index (Phi) is 4.31. The van der Waals surface area contributed by atoms with Gasteiger partial charge < -0.3 is 10.1 Å². The van der Waals surface area contributed by atoms with Crippen molar-refractivity contribution < 1.29 is 8.95 Å². The molecule has 1 heterocycles. The van der Waals surface area contributed by atoms with Crippen LogP contribution in [0.3, 0.4) is 0 Å². The number of hydrogen-bond donors (Lipinski definition) is 1. The Morgan fingerprint density at radius 2 is 2.16 bits per heavy atom. The second kappa shape index (κ2) is 5.63. The van der Waals surface area contributed by atoms with Crippen LogP contribution in [0.2, 0.25) is 0 Å². The second-order valence-electron chi connectivity index (χ2n) is 5.87. The molecule has 19 heavy (non-hydrogen) atoms. The van der Waals surface area contributed by atoms with Crippen molar-refractivity contribution in [1.29, 1.82) is 0 Å². The van der Waals surface area contributed by atoms with Crippen LogP contribution in [0.5, 0.6) is 5.75 Å². The molecular weight excluding hydrogens is 258 g/mol. The zero-order chi connectivity index (χ0) is 14.0. The molecular formula is C15H23NO2S. The highest BCUT2D eigenvalue weighted by molar-refractivity contribution is 7.84. The van der Waals surface area contributed by atoms with Crippen molar-refractivity contribution in [2.24, 2.45) is 0 Å². The standard InChI is InChI=1S/C15H23NO2S/c1-11(19(4)17)10-16-13-9-15(2,3)18-14-8-6-5-7-12(13)14/h5-8,11,13,16H,9-10H2,1-4H3. The van der Waals surface area contributed by atoms with Crippen LogP contribution >= 0.6 is 0 Å². The third-order valence-electron chi connectivity index (χ3n) is 3.59. The van der Waals surface area contributed by atoms with Gasteiger partial charge >= 0.3 is 0 Å². The Morgan fingerprint density at radius 1 is 1.47 bits per heavy atom. The molecule has 1 N–H and O–H groups in total. The first-order valence-corrected chi connectivity index (χ1v) is 8.35. The zero-order valence-electron chi connectivity index (χ0n) is 12.1. The first kappa shape index (κ1) is 14.5. The quantitative estimate of drug-likeness (QED) is 0.922. The van der Waals surface area contributed by atoms with Gasteiger partial charge in [-0.1, -0.05) is 18.2 Å². The van der Waals surface area contributed by atoms with Gasteiger partial charge in [-0.2, -0.15) is 0 Å². The normalized spacial score (nSPS) is 24.1. The van der Waals surface area contributed by atoms with Gasteiger partial charge in [-0.3, -0.25) is 4.21 Å². The van der Waals surface area contributed by atoms with Crippen LogP contribution in [0.4, 0.5) is 0 Å². The molecule has 4 heteroatoms. The number of benzene rings is 1. The Balaban J connectivity index is 2.14. The van der Waals surface area contributed by atoms with E-state index in [1.807, 2.05) is 25.1 Å². The summed E-state index contributed by atoms with van der Waals surface area (Å²) >= 11 is 0. The van der Waals surface area contributed by atoms with Crippen molar-refractivity contribution in [3.8, 4) is 5.75 Å². The van der Waals surface area contributed by atoms with Crippen molar-refractivity contribution in [2.45, 2.75) is 44.1 Å². The number of hydrogen-bond acceptors (Lipinski definition) is 3. The van der Waals surface area contributed by atoms with E-state index in [1.165, 1.54) is 5.56 Å². The summed E-state index contributed by atoms with van der Waals surface area (Å²) in [6, 6.07) is 8.44. The molecule has 1 aliphatic rings. The van der Waals surface area contributed by atoms with E-state index in [9.17, 15) is 4.21 Å². The molecule has 0 saturated carbocycles. The fourth-order valence-corrected chi connectivity index (χ4v) is 2.74. The minimum Gasteiger partial charge on any atom is -0.487 e. The maximum Gasteiger partial charge on any atom is 0.124 e. The highest BCUT2D eigenvalue weighted by Gasteiger charge is 2.33. The summed E-state index contributed by atoms with van der Waals surface area (Å²) in [7, 11) is -0.785. The summed E-state index contributed by atoms with van der Waals surface area (Å²) < 4.78 is 17.4. The fraction of sp³-hybridized carbons (Fsp3) is 0.600. The third-order valence-corrected chi connectivity index (χ3v) is 4.89. The highest BCUT2D eigenvalue weighted by atomic mass is 32.2. The van der Waals surface area contributed by atoms with Crippen molar-refractivity contribution in [1.82, 2.24) is 5.32 Å². The molecule has 0 aromatic heterocycles. The fourth-order valence-electron chi connectivity index (χ4n) is 2.41. The molecule has 1 aromatic rings. The predicted molar refractivity (Wildman–Crippen MR) is 80.0 cm³/mol. The van der Waals surface area contributed by atoms with E-state index in [2.05, 4.69) is 25.2 Å². The van der Waals surface area contributed by atoms with E-state index < -0.39 is 10.8 Å². The van der Waals surface area contributed by atoms with Crippen molar-refractivity contribution in [3.05, 3.63) is 29.8 Å². The molecule has 0 bridgehead atoms. The maximum absolute atomic E-state index is 11.4. The molecule has 0 saturated heterocycles. The van der Waals surface area contributed by atoms with Gasteiger partial charge in [0.1, 0.15) is 11.4 Å². The molecule has 106 valence electrons. The van der Waals surface area contributed by atoms with Crippen molar-refractivity contribution >= 4 is 10.8 Å². The lowest BCUT2D eigenvalue weighted by atomic mass is 9.89.